The Labute approximate surface area is 159 Å². The molecule has 0 aromatic heterocycles. The molecule has 2 aromatic rings. The number of methoxy groups -OCH3 is 2. The predicted molar refractivity (Wildman–Crippen MR) is 105 cm³/mol. The van der Waals surface area contributed by atoms with Gasteiger partial charge in [0.05, 0.1) is 24.4 Å². The monoisotopic (exact) mass is 418 g/mol. The van der Waals surface area contributed by atoms with E-state index in [1.165, 1.54) is 4.90 Å². The first-order valence-corrected chi connectivity index (χ1v) is 8.58. The standard InChI is InChI=1S/C18H15BrN2O3S/c1-23-13-6-4-12(5-7-13)21-17(22)15(20-18(21)25)10-11-3-8-16(24-2)14(19)9-11/h3-10H,1-2H3,(H,20,25)/b15-10-. The topological polar surface area (TPSA) is 50.8 Å². The van der Waals surface area contributed by atoms with Crippen molar-refractivity contribution in [2.24, 2.45) is 0 Å². The summed E-state index contributed by atoms with van der Waals surface area (Å²) in [5, 5.41) is 3.31. The second-order valence-electron chi connectivity index (χ2n) is 5.22. The highest BCUT2D eigenvalue weighted by atomic mass is 79.9. The molecule has 0 aliphatic carbocycles. The number of halogens is 1. The molecule has 1 aliphatic rings. The molecule has 0 unspecified atom stereocenters. The van der Waals surface area contributed by atoms with Gasteiger partial charge in [0.2, 0.25) is 0 Å². The normalized spacial score (nSPS) is 15.5. The van der Waals surface area contributed by atoms with E-state index in [-0.39, 0.29) is 5.91 Å². The van der Waals surface area contributed by atoms with E-state index in [1.807, 2.05) is 18.2 Å². The molecule has 1 saturated heterocycles. The van der Waals surface area contributed by atoms with Crippen molar-refractivity contribution in [2.45, 2.75) is 0 Å². The van der Waals surface area contributed by atoms with Gasteiger partial charge in [0.25, 0.3) is 5.91 Å². The van der Waals surface area contributed by atoms with Gasteiger partial charge in [0.1, 0.15) is 17.2 Å². The number of ether oxygens (including phenoxy) is 2. The highest BCUT2D eigenvalue weighted by molar-refractivity contribution is 9.10. The van der Waals surface area contributed by atoms with Crippen LogP contribution in [0.3, 0.4) is 0 Å². The number of hydrogen-bond acceptors (Lipinski definition) is 4. The molecule has 0 atom stereocenters. The molecule has 0 bridgehead atoms. The van der Waals surface area contributed by atoms with Crippen LogP contribution in [0.25, 0.3) is 6.08 Å². The third-order valence-electron chi connectivity index (χ3n) is 3.70. The lowest BCUT2D eigenvalue weighted by molar-refractivity contribution is -0.113. The Hall–Kier alpha value is -2.38. The van der Waals surface area contributed by atoms with Gasteiger partial charge in [-0.2, -0.15) is 0 Å². The molecule has 2 aromatic carbocycles. The zero-order valence-electron chi connectivity index (χ0n) is 13.6. The van der Waals surface area contributed by atoms with Gasteiger partial charge in [0, 0.05) is 0 Å². The highest BCUT2D eigenvalue weighted by Crippen LogP contribution is 2.28. The molecule has 5 nitrogen and oxygen atoms in total. The van der Waals surface area contributed by atoms with Crippen molar-refractivity contribution in [3.8, 4) is 11.5 Å². The lowest BCUT2D eigenvalue weighted by Gasteiger charge is -2.14. The molecule has 1 amide bonds. The summed E-state index contributed by atoms with van der Waals surface area (Å²) in [6.07, 6.45) is 1.75. The van der Waals surface area contributed by atoms with E-state index in [9.17, 15) is 4.79 Å². The van der Waals surface area contributed by atoms with E-state index in [0.29, 0.717) is 22.2 Å². The number of hydrogen-bond donors (Lipinski definition) is 1. The van der Waals surface area contributed by atoms with Crippen LogP contribution in [0, 0.1) is 0 Å². The van der Waals surface area contributed by atoms with Crippen molar-refractivity contribution in [1.82, 2.24) is 5.32 Å². The van der Waals surface area contributed by atoms with Crippen molar-refractivity contribution < 1.29 is 14.3 Å². The minimum Gasteiger partial charge on any atom is -0.497 e. The van der Waals surface area contributed by atoms with Crippen LogP contribution in [0.4, 0.5) is 5.69 Å². The maximum atomic E-state index is 12.7. The van der Waals surface area contributed by atoms with Gasteiger partial charge in [-0.15, -0.1) is 0 Å². The SMILES string of the molecule is COc1ccc(N2C(=O)/C(=C/c3ccc(OC)c(Br)c3)NC2=S)cc1. The van der Waals surface area contributed by atoms with Crippen molar-refractivity contribution >= 4 is 50.9 Å². The van der Waals surface area contributed by atoms with E-state index in [1.54, 1.807) is 44.6 Å². The molecule has 1 N–H and O–H groups in total. The van der Waals surface area contributed by atoms with Crippen LogP contribution < -0.4 is 19.7 Å². The van der Waals surface area contributed by atoms with E-state index < -0.39 is 0 Å². The van der Waals surface area contributed by atoms with E-state index in [2.05, 4.69) is 21.2 Å². The second kappa shape index (κ2) is 7.25. The van der Waals surface area contributed by atoms with Crippen LogP contribution in [0.2, 0.25) is 0 Å². The van der Waals surface area contributed by atoms with Crippen LogP contribution in [-0.2, 0) is 4.79 Å². The summed E-state index contributed by atoms with van der Waals surface area (Å²) in [7, 11) is 3.20. The zero-order chi connectivity index (χ0) is 18.0. The van der Waals surface area contributed by atoms with E-state index in [0.717, 1.165) is 15.8 Å². The van der Waals surface area contributed by atoms with Crippen LogP contribution in [-0.4, -0.2) is 25.2 Å². The molecule has 1 fully saturated rings. The first-order chi connectivity index (χ1) is 12.0. The molecule has 0 radical (unpaired) electrons. The smallest absolute Gasteiger partial charge is 0.281 e. The van der Waals surface area contributed by atoms with Crippen molar-refractivity contribution in [2.75, 3.05) is 19.1 Å². The molecular weight excluding hydrogens is 404 g/mol. The van der Waals surface area contributed by atoms with Crippen LogP contribution in [0.1, 0.15) is 5.56 Å². The molecule has 1 aliphatic heterocycles. The van der Waals surface area contributed by atoms with Gasteiger partial charge < -0.3 is 14.8 Å². The number of thiocarbonyl (C=S) groups is 1. The molecule has 0 spiro atoms. The molecule has 1 heterocycles. The summed E-state index contributed by atoms with van der Waals surface area (Å²) in [5.41, 5.74) is 1.95. The van der Waals surface area contributed by atoms with Gasteiger partial charge in [-0.3, -0.25) is 9.69 Å². The third kappa shape index (κ3) is 3.52. The molecular formula is C18H15BrN2O3S. The Morgan fingerprint density at radius 1 is 1.12 bits per heavy atom. The first kappa shape index (κ1) is 17.4. The minimum atomic E-state index is -0.206. The summed E-state index contributed by atoms with van der Waals surface area (Å²) in [6, 6.07) is 12.7. The lowest BCUT2D eigenvalue weighted by Crippen LogP contribution is -2.30. The number of carbonyl (C=O) groups is 1. The quantitative estimate of drug-likeness (QED) is 0.605. The number of amides is 1. The highest BCUT2D eigenvalue weighted by Gasteiger charge is 2.31. The lowest BCUT2D eigenvalue weighted by atomic mass is 10.2. The molecule has 25 heavy (non-hydrogen) atoms. The summed E-state index contributed by atoms with van der Waals surface area (Å²) < 4.78 is 11.2. The minimum absolute atomic E-state index is 0.206. The van der Waals surface area contributed by atoms with Crippen molar-refractivity contribution in [3.63, 3.8) is 0 Å². The summed E-state index contributed by atoms with van der Waals surface area (Å²) in [4.78, 5) is 14.2. The van der Waals surface area contributed by atoms with Crippen molar-refractivity contribution in [3.05, 3.63) is 58.2 Å². The second-order valence-corrected chi connectivity index (χ2v) is 6.46. The number of carbonyl (C=O) groups excluding carboxylic acids is 1. The number of nitrogens with one attached hydrogen (secondary N) is 1. The van der Waals surface area contributed by atoms with Crippen LogP contribution in [0.5, 0.6) is 11.5 Å². The fraction of sp³-hybridized carbons (Fsp3) is 0.111. The maximum absolute atomic E-state index is 12.7. The van der Waals surface area contributed by atoms with Crippen LogP contribution >= 0.6 is 28.1 Å². The maximum Gasteiger partial charge on any atom is 0.281 e. The summed E-state index contributed by atoms with van der Waals surface area (Å²) >= 11 is 8.75. The number of anilines is 1. The van der Waals surface area contributed by atoms with Gasteiger partial charge in [-0.05, 0) is 76.2 Å². The van der Waals surface area contributed by atoms with Gasteiger partial charge in [-0.25, -0.2) is 0 Å². The van der Waals surface area contributed by atoms with Crippen molar-refractivity contribution in [1.29, 1.82) is 0 Å². The van der Waals surface area contributed by atoms with Gasteiger partial charge >= 0.3 is 0 Å². The Bertz CT molecular complexity index is 865. The molecule has 7 heteroatoms. The van der Waals surface area contributed by atoms with Gasteiger partial charge in [0.15, 0.2) is 5.11 Å². The third-order valence-corrected chi connectivity index (χ3v) is 4.60. The average Bonchev–Trinajstić information content (AvgIpc) is 2.89. The van der Waals surface area contributed by atoms with E-state index in [4.69, 9.17) is 21.7 Å². The first-order valence-electron chi connectivity index (χ1n) is 7.38. The number of rotatable bonds is 4. The molecule has 3 rings (SSSR count). The Balaban J connectivity index is 1.88. The van der Waals surface area contributed by atoms with E-state index >= 15 is 0 Å². The summed E-state index contributed by atoms with van der Waals surface area (Å²) in [5.74, 6) is 1.23. The largest absolute Gasteiger partial charge is 0.497 e. The van der Waals surface area contributed by atoms with Crippen LogP contribution in [0.15, 0.2) is 52.6 Å². The zero-order valence-corrected chi connectivity index (χ0v) is 16.0. The Morgan fingerprint density at radius 3 is 2.44 bits per heavy atom. The summed E-state index contributed by atoms with van der Waals surface area (Å²) in [6.45, 7) is 0. The fourth-order valence-corrected chi connectivity index (χ4v) is 3.30. The Kier molecular flexibility index (Phi) is 5.06. The Morgan fingerprint density at radius 2 is 1.84 bits per heavy atom. The molecule has 0 saturated carbocycles. The predicted octanol–water partition coefficient (Wildman–Crippen LogP) is 3.73. The molecule has 128 valence electrons. The fourth-order valence-electron chi connectivity index (χ4n) is 2.44. The average molecular weight is 419 g/mol. The number of benzene rings is 2. The van der Waals surface area contributed by atoms with Gasteiger partial charge in [-0.1, -0.05) is 6.07 Å². The number of nitrogens with zero attached hydrogens (tertiary/aromatic N) is 1.